The van der Waals surface area contributed by atoms with Gasteiger partial charge in [0.25, 0.3) is 0 Å². The number of methoxy groups -OCH3 is 1. The lowest BCUT2D eigenvalue weighted by atomic mass is 9.76. The summed E-state index contributed by atoms with van der Waals surface area (Å²) < 4.78 is 35.5. The lowest BCUT2D eigenvalue weighted by molar-refractivity contribution is -0.277. The molecule has 2 aliphatic rings. The first kappa shape index (κ1) is 37.3. The third-order valence-corrected chi connectivity index (χ3v) is 9.41. The van der Waals surface area contributed by atoms with Gasteiger partial charge in [-0.3, -0.25) is 9.59 Å². The average molecular weight is 699 g/mol. The van der Waals surface area contributed by atoms with E-state index in [-0.39, 0.29) is 40.6 Å². The predicted molar refractivity (Wildman–Crippen MR) is 181 cm³/mol. The number of aliphatic hydroxyl groups excluding tert-OH is 5. The molecule has 0 bridgehead atoms. The molecule has 0 amide bonds. The lowest BCUT2D eigenvalue weighted by Crippen LogP contribution is -2.60. The van der Waals surface area contributed by atoms with Gasteiger partial charge in [0.1, 0.15) is 53.7 Å². The number of rotatable bonds is 10. The molecule has 1 aromatic heterocycles. The highest BCUT2D eigenvalue weighted by molar-refractivity contribution is 5.86. The van der Waals surface area contributed by atoms with Crippen LogP contribution in [0.1, 0.15) is 46.6 Å². The number of esters is 1. The number of hydrogen-bond donors (Lipinski definition) is 5. The molecule has 0 radical (unpaired) electrons. The third-order valence-electron chi connectivity index (χ3n) is 9.41. The average Bonchev–Trinajstić information content (AvgIpc) is 3.09. The maximum Gasteiger partial charge on any atom is 0.302 e. The standard InChI is InChI=1S/C37H46O13/c1-17(2)7-12-23-25(48-37-32(44)31(43)30(42)27(16-38)49-37)14-13-24-29(41)36(34(50-35(23)24)21-8-10-22(45-6)11-9-21)47-26-15-18(3)33(46-20(5)39)19(4)28(26)40/h7-11,13-14,18-19,26-28,30-33,37-38,40,42-44H,12,15-16H2,1-6H3/t18-,19+,26-,27-,28-,30-,31+,32-,33+,37-/m1/s1. The van der Waals surface area contributed by atoms with Crippen molar-refractivity contribution in [1.82, 2.24) is 0 Å². The summed E-state index contributed by atoms with van der Waals surface area (Å²) in [6, 6.07) is 9.81. The number of hydrogen-bond acceptors (Lipinski definition) is 13. The molecule has 3 aromatic rings. The molecule has 1 saturated heterocycles. The summed E-state index contributed by atoms with van der Waals surface area (Å²) in [6.45, 7) is 8.15. The van der Waals surface area contributed by atoms with E-state index >= 15 is 0 Å². The Hall–Kier alpha value is -3.98. The summed E-state index contributed by atoms with van der Waals surface area (Å²) in [4.78, 5) is 26.2. The Labute approximate surface area is 289 Å². The SMILES string of the molecule is COc1ccc(-c2oc3c(CC=C(C)C)c(O[C@@H]4O[C@H](CO)[C@@H](O)[C@H](O)[C@H]4O)ccc3c(=O)c2O[C@@H]2C[C@@H](C)[C@H](OC(C)=O)[C@@H](C)[C@H]2O)cc1. The Kier molecular flexibility index (Phi) is 11.6. The second-order valence-electron chi connectivity index (χ2n) is 13.3. The largest absolute Gasteiger partial charge is 0.497 e. The van der Waals surface area contributed by atoms with Gasteiger partial charge in [-0.1, -0.05) is 25.5 Å². The monoisotopic (exact) mass is 698 g/mol. The number of ether oxygens (including phenoxy) is 5. The zero-order valence-corrected chi connectivity index (χ0v) is 28.9. The molecule has 1 aliphatic heterocycles. The number of carbonyl (C=O) groups excluding carboxylic acids is 1. The molecule has 13 heteroatoms. The van der Waals surface area contributed by atoms with Crippen LogP contribution in [0, 0.1) is 11.8 Å². The first-order valence-electron chi connectivity index (χ1n) is 16.6. The van der Waals surface area contributed by atoms with E-state index in [2.05, 4.69) is 0 Å². The minimum Gasteiger partial charge on any atom is -0.497 e. The maximum absolute atomic E-state index is 14.4. The Morgan fingerprint density at radius 2 is 1.64 bits per heavy atom. The van der Waals surface area contributed by atoms with E-state index in [1.807, 2.05) is 26.8 Å². The van der Waals surface area contributed by atoms with Crippen LogP contribution in [-0.2, 0) is 20.7 Å². The Balaban J connectivity index is 1.65. The molecular weight excluding hydrogens is 652 g/mol. The van der Waals surface area contributed by atoms with E-state index in [4.69, 9.17) is 28.1 Å². The van der Waals surface area contributed by atoms with E-state index in [1.165, 1.54) is 26.2 Å². The van der Waals surface area contributed by atoms with Crippen molar-refractivity contribution < 1.29 is 58.4 Å². The van der Waals surface area contributed by atoms with Gasteiger partial charge in [-0.25, -0.2) is 0 Å². The molecule has 272 valence electrons. The number of aliphatic hydroxyl groups is 5. The van der Waals surface area contributed by atoms with Gasteiger partial charge >= 0.3 is 5.97 Å². The van der Waals surface area contributed by atoms with Crippen molar-refractivity contribution in [2.45, 2.75) is 96.5 Å². The molecule has 10 atom stereocenters. The molecule has 0 unspecified atom stereocenters. The highest BCUT2D eigenvalue weighted by Gasteiger charge is 2.46. The topological polar surface area (TPSA) is 195 Å². The third kappa shape index (κ3) is 7.53. The van der Waals surface area contributed by atoms with E-state index in [0.29, 0.717) is 23.3 Å². The smallest absolute Gasteiger partial charge is 0.302 e. The highest BCUT2D eigenvalue weighted by Crippen LogP contribution is 2.40. The zero-order chi connectivity index (χ0) is 36.4. The zero-order valence-electron chi connectivity index (χ0n) is 28.9. The molecule has 2 heterocycles. The predicted octanol–water partition coefficient (Wildman–Crippen LogP) is 2.87. The molecule has 50 heavy (non-hydrogen) atoms. The molecule has 2 aromatic carbocycles. The van der Waals surface area contributed by atoms with Crippen LogP contribution in [0.2, 0.25) is 0 Å². The van der Waals surface area contributed by atoms with Crippen LogP contribution in [0.25, 0.3) is 22.3 Å². The number of benzene rings is 2. The molecule has 0 spiro atoms. The highest BCUT2D eigenvalue weighted by atomic mass is 16.7. The summed E-state index contributed by atoms with van der Waals surface area (Å²) in [5.74, 6) is -0.411. The van der Waals surface area contributed by atoms with Crippen LogP contribution in [-0.4, -0.2) is 94.2 Å². The number of carbonyl (C=O) groups is 1. The summed E-state index contributed by atoms with van der Waals surface area (Å²) in [5, 5.41) is 52.5. The Morgan fingerprint density at radius 3 is 2.26 bits per heavy atom. The summed E-state index contributed by atoms with van der Waals surface area (Å²) >= 11 is 0. The fraction of sp³-hybridized carbons (Fsp3) is 0.514. The number of allylic oxidation sites excluding steroid dienone is 2. The van der Waals surface area contributed by atoms with Crippen LogP contribution < -0.4 is 19.6 Å². The molecule has 5 rings (SSSR count). The van der Waals surface area contributed by atoms with Crippen molar-refractivity contribution in [1.29, 1.82) is 0 Å². The lowest BCUT2D eigenvalue weighted by Gasteiger charge is -2.41. The van der Waals surface area contributed by atoms with Gasteiger partial charge in [-0.2, -0.15) is 0 Å². The van der Waals surface area contributed by atoms with Gasteiger partial charge in [-0.05, 0) is 69.0 Å². The summed E-state index contributed by atoms with van der Waals surface area (Å²) in [7, 11) is 1.53. The van der Waals surface area contributed by atoms with Gasteiger partial charge in [0, 0.05) is 24.0 Å². The Morgan fingerprint density at radius 1 is 0.940 bits per heavy atom. The fourth-order valence-electron chi connectivity index (χ4n) is 6.59. The van der Waals surface area contributed by atoms with Gasteiger partial charge in [-0.15, -0.1) is 0 Å². The van der Waals surface area contributed by atoms with E-state index in [0.717, 1.165) is 5.57 Å². The fourth-order valence-corrected chi connectivity index (χ4v) is 6.59. The van der Waals surface area contributed by atoms with E-state index < -0.39 is 72.9 Å². The van der Waals surface area contributed by atoms with Crippen LogP contribution in [0.15, 0.2) is 57.3 Å². The minimum atomic E-state index is -1.66. The molecule has 13 nitrogen and oxygen atoms in total. The van der Waals surface area contributed by atoms with Crippen molar-refractivity contribution in [2.75, 3.05) is 13.7 Å². The normalized spacial score (nSPS) is 29.7. The van der Waals surface area contributed by atoms with Crippen molar-refractivity contribution >= 4 is 16.9 Å². The molecule has 1 saturated carbocycles. The van der Waals surface area contributed by atoms with Gasteiger partial charge in [0.2, 0.25) is 17.5 Å². The summed E-state index contributed by atoms with van der Waals surface area (Å²) in [5.41, 5.74) is 1.51. The van der Waals surface area contributed by atoms with Crippen LogP contribution in [0.3, 0.4) is 0 Å². The van der Waals surface area contributed by atoms with Crippen LogP contribution >= 0.6 is 0 Å². The van der Waals surface area contributed by atoms with Crippen molar-refractivity contribution in [3.63, 3.8) is 0 Å². The molecule has 5 N–H and O–H groups in total. The summed E-state index contributed by atoms with van der Waals surface area (Å²) in [6.07, 6.45) is -7.57. The minimum absolute atomic E-state index is 0.0863. The Bertz CT molecular complexity index is 1740. The maximum atomic E-state index is 14.4. The van der Waals surface area contributed by atoms with Crippen LogP contribution in [0.4, 0.5) is 0 Å². The van der Waals surface area contributed by atoms with Crippen molar-refractivity contribution in [3.05, 3.63) is 63.8 Å². The molecular formula is C37H46O13. The van der Waals surface area contributed by atoms with Gasteiger partial charge < -0.3 is 53.6 Å². The van der Waals surface area contributed by atoms with Crippen molar-refractivity contribution in [2.24, 2.45) is 11.8 Å². The second-order valence-corrected chi connectivity index (χ2v) is 13.3. The van der Waals surface area contributed by atoms with Gasteiger partial charge in [0.05, 0.1) is 25.2 Å². The quantitative estimate of drug-likeness (QED) is 0.153. The van der Waals surface area contributed by atoms with E-state index in [9.17, 15) is 35.1 Å². The van der Waals surface area contributed by atoms with E-state index in [1.54, 1.807) is 31.2 Å². The molecule has 2 fully saturated rings. The van der Waals surface area contributed by atoms with Gasteiger partial charge in [0.15, 0.2) is 5.76 Å². The first-order valence-corrected chi connectivity index (χ1v) is 16.6. The number of fused-ring (bicyclic) bond motifs is 1. The van der Waals surface area contributed by atoms with Crippen molar-refractivity contribution in [3.8, 4) is 28.6 Å². The van der Waals surface area contributed by atoms with Crippen LogP contribution in [0.5, 0.6) is 17.2 Å². The first-order chi connectivity index (χ1) is 23.7. The molecule has 1 aliphatic carbocycles. The second kappa shape index (κ2) is 15.5.